The van der Waals surface area contributed by atoms with Crippen LogP contribution in [0, 0.1) is 0 Å². The van der Waals surface area contributed by atoms with Crippen LogP contribution >= 0.6 is 0 Å². The van der Waals surface area contributed by atoms with Crippen LogP contribution in [0.1, 0.15) is 42.1 Å². The number of amides is 1. The molecule has 0 atom stereocenters. The SMILES string of the molecule is CC(C)c1ccc(C(=O)N2CCC2)cc1. The van der Waals surface area contributed by atoms with E-state index < -0.39 is 0 Å². The number of hydrogen-bond donors (Lipinski definition) is 0. The summed E-state index contributed by atoms with van der Waals surface area (Å²) in [5, 5.41) is 0. The van der Waals surface area contributed by atoms with Crippen molar-refractivity contribution in [2.45, 2.75) is 26.2 Å². The van der Waals surface area contributed by atoms with E-state index in [1.54, 1.807) is 0 Å². The molecule has 1 fully saturated rings. The molecule has 80 valence electrons. The first-order valence-corrected chi connectivity index (χ1v) is 5.57. The van der Waals surface area contributed by atoms with Crippen molar-refractivity contribution in [3.8, 4) is 0 Å². The Labute approximate surface area is 90.9 Å². The van der Waals surface area contributed by atoms with Crippen LogP contribution in [0.3, 0.4) is 0 Å². The smallest absolute Gasteiger partial charge is 0.253 e. The first-order valence-electron chi connectivity index (χ1n) is 5.57. The van der Waals surface area contributed by atoms with E-state index in [1.165, 1.54) is 5.56 Å². The highest BCUT2D eigenvalue weighted by Gasteiger charge is 2.21. The summed E-state index contributed by atoms with van der Waals surface area (Å²) >= 11 is 0. The summed E-state index contributed by atoms with van der Waals surface area (Å²) in [6, 6.07) is 7.99. The van der Waals surface area contributed by atoms with Crippen molar-refractivity contribution in [3.63, 3.8) is 0 Å². The highest BCUT2D eigenvalue weighted by Crippen LogP contribution is 2.17. The van der Waals surface area contributed by atoms with Crippen molar-refractivity contribution in [1.29, 1.82) is 0 Å². The summed E-state index contributed by atoms with van der Waals surface area (Å²) in [4.78, 5) is 13.7. The van der Waals surface area contributed by atoms with Crippen molar-refractivity contribution in [2.75, 3.05) is 13.1 Å². The number of nitrogens with zero attached hydrogens (tertiary/aromatic N) is 1. The Bertz CT molecular complexity index is 349. The van der Waals surface area contributed by atoms with E-state index in [-0.39, 0.29) is 5.91 Å². The number of rotatable bonds is 2. The van der Waals surface area contributed by atoms with Gasteiger partial charge in [-0.1, -0.05) is 26.0 Å². The van der Waals surface area contributed by atoms with Crippen LogP contribution < -0.4 is 0 Å². The number of carbonyl (C=O) groups excluding carboxylic acids is 1. The molecule has 2 rings (SSSR count). The van der Waals surface area contributed by atoms with Gasteiger partial charge in [-0.15, -0.1) is 0 Å². The fourth-order valence-corrected chi connectivity index (χ4v) is 1.71. The van der Waals surface area contributed by atoms with Gasteiger partial charge >= 0.3 is 0 Å². The fourth-order valence-electron chi connectivity index (χ4n) is 1.71. The second-order valence-electron chi connectivity index (χ2n) is 4.42. The monoisotopic (exact) mass is 203 g/mol. The normalized spacial score (nSPS) is 15.3. The van der Waals surface area contributed by atoms with E-state index in [2.05, 4.69) is 26.0 Å². The second-order valence-corrected chi connectivity index (χ2v) is 4.42. The Morgan fingerprint density at radius 1 is 1.20 bits per heavy atom. The van der Waals surface area contributed by atoms with Gasteiger partial charge in [-0.2, -0.15) is 0 Å². The van der Waals surface area contributed by atoms with Crippen molar-refractivity contribution in [1.82, 2.24) is 4.90 Å². The van der Waals surface area contributed by atoms with Gasteiger partial charge in [-0.05, 0) is 30.0 Å². The molecule has 1 aliphatic heterocycles. The Morgan fingerprint density at radius 3 is 2.20 bits per heavy atom. The highest BCUT2D eigenvalue weighted by molar-refractivity contribution is 5.94. The summed E-state index contributed by atoms with van der Waals surface area (Å²) in [5.74, 6) is 0.703. The first kappa shape index (κ1) is 10.2. The molecule has 0 radical (unpaired) electrons. The van der Waals surface area contributed by atoms with Gasteiger partial charge in [-0.25, -0.2) is 0 Å². The van der Waals surface area contributed by atoms with Gasteiger partial charge in [0.2, 0.25) is 0 Å². The Kier molecular flexibility index (Phi) is 2.76. The molecule has 0 aromatic heterocycles. The molecule has 15 heavy (non-hydrogen) atoms. The first-order chi connectivity index (χ1) is 7.18. The third kappa shape index (κ3) is 2.04. The summed E-state index contributed by atoms with van der Waals surface area (Å²) < 4.78 is 0. The third-order valence-corrected chi connectivity index (χ3v) is 2.97. The topological polar surface area (TPSA) is 20.3 Å². The Balaban J connectivity index is 2.12. The number of carbonyl (C=O) groups is 1. The van der Waals surface area contributed by atoms with Crippen LogP contribution in [0.5, 0.6) is 0 Å². The van der Waals surface area contributed by atoms with E-state index in [4.69, 9.17) is 0 Å². The molecule has 2 nitrogen and oxygen atoms in total. The van der Waals surface area contributed by atoms with Crippen molar-refractivity contribution < 1.29 is 4.79 Å². The molecule has 0 N–H and O–H groups in total. The molecule has 1 heterocycles. The zero-order chi connectivity index (χ0) is 10.8. The average Bonchev–Trinajstić information content (AvgIpc) is 2.15. The van der Waals surface area contributed by atoms with Crippen molar-refractivity contribution in [2.24, 2.45) is 0 Å². The quantitative estimate of drug-likeness (QED) is 0.723. The molecular formula is C13H17NO. The molecule has 1 amide bonds. The number of hydrogen-bond acceptors (Lipinski definition) is 1. The Morgan fingerprint density at radius 2 is 1.80 bits per heavy atom. The van der Waals surface area contributed by atoms with Gasteiger partial charge < -0.3 is 4.90 Å². The summed E-state index contributed by atoms with van der Waals surface area (Å²) in [6.07, 6.45) is 1.15. The third-order valence-electron chi connectivity index (χ3n) is 2.97. The molecule has 1 saturated heterocycles. The molecule has 0 saturated carbocycles. The zero-order valence-electron chi connectivity index (χ0n) is 9.36. The van der Waals surface area contributed by atoms with E-state index in [0.717, 1.165) is 25.1 Å². The zero-order valence-corrected chi connectivity index (χ0v) is 9.36. The predicted molar refractivity (Wildman–Crippen MR) is 61.1 cm³/mol. The van der Waals surface area contributed by atoms with Crippen molar-refractivity contribution >= 4 is 5.91 Å². The molecule has 0 spiro atoms. The lowest BCUT2D eigenvalue weighted by Gasteiger charge is -2.30. The average molecular weight is 203 g/mol. The summed E-state index contributed by atoms with van der Waals surface area (Å²) in [5.41, 5.74) is 2.11. The van der Waals surface area contributed by atoms with Crippen LogP contribution in [-0.4, -0.2) is 23.9 Å². The van der Waals surface area contributed by atoms with Gasteiger partial charge in [0.05, 0.1) is 0 Å². The van der Waals surface area contributed by atoms with Crippen LogP contribution in [0.4, 0.5) is 0 Å². The van der Waals surface area contributed by atoms with E-state index in [9.17, 15) is 4.79 Å². The lowest BCUT2D eigenvalue weighted by atomic mass is 10.0. The molecule has 0 aliphatic carbocycles. The number of benzene rings is 1. The lowest BCUT2D eigenvalue weighted by Crippen LogP contribution is -2.41. The Hall–Kier alpha value is -1.31. The molecule has 2 heteroatoms. The largest absolute Gasteiger partial charge is 0.339 e. The summed E-state index contributed by atoms with van der Waals surface area (Å²) in [6.45, 7) is 6.16. The minimum absolute atomic E-state index is 0.177. The minimum Gasteiger partial charge on any atom is -0.339 e. The van der Waals surface area contributed by atoms with Gasteiger partial charge in [0.25, 0.3) is 5.91 Å². The second kappa shape index (κ2) is 4.05. The van der Waals surface area contributed by atoms with E-state index >= 15 is 0 Å². The van der Waals surface area contributed by atoms with Crippen LogP contribution in [0.25, 0.3) is 0 Å². The van der Waals surface area contributed by atoms with Crippen molar-refractivity contribution in [3.05, 3.63) is 35.4 Å². The molecule has 1 aromatic carbocycles. The molecular weight excluding hydrogens is 186 g/mol. The maximum Gasteiger partial charge on any atom is 0.253 e. The standard InChI is InChI=1S/C13H17NO/c1-10(2)11-4-6-12(7-5-11)13(15)14-8-3-9-14/h4-7,10H,3,8-9H2,1-2H3. The lowest BCUT2D eigenvalue weighted by molar-refractivity contribution is 0.0652. The molecule has 0 bridgehead atoms. The highest BCUT2D eigenvalue weighted by atomic mass is 16.2. The minimum atomic E-state index is 0.177. The van der Waals surface area contributed by atoms with Gasteiger partial charge in [-0.3, -0.25) is 4.79 Å². The maximum atomic E-state index is 11.8. The van der Waals surface area contributed by atoms with Gasteiger partial charge in [0, 0.05) is 18.7 Å². The van der Waals surface area contributed by atoms with E-state index in [1.807, 2.05) is 17.0 Å². The van der Waals surface area contributed by atoms with Crippen LogP contribution in [-0.2, 0) is 0 Å². The van der Waals surface area contributed by atoms with Gasteiger partial charge in [0.15, 0.2) is 0 Å². The molecule has 1 aliphatic rings. The van der Waals surface area contributed by atoms with Crippen LogP contribution in [0.15, 0.2) is 24.3 Å². The van der Waals surface area contributed by atoms with Crippen LogP contribution in [0.2, 0.25) is 0 Å². The fraction of sp³-hybridized carbons (Fsp3) is 0.462. The summed E-state index contributed by atoms with van der Waals surface area (Å²) in [7, 11) is 0. The van der Waals surface area contributed by atoms with Gasteiger partial charge in [0.1, 0.15) is 0 Å². The molecule has 1 aromatic rings. The maximum absolute atomic E-state index is 11.8. The number of likely N-dealkylation sites (tertiary alicyclic amines) is 1. The van der Waals surface area contributed by atoms with E-state index in [0.29, 0.717) is 5.92 Å². The predicted octanol–water partition coefficient (Wildman–Crippen LogP) is 2.66. The molecule has 0 unspecified atom stereocenters.